The first-order valence-corrected chi connectivity index (χ1v) is 5.81. The molecular formula is C13H20N2. The summed E-state index contributed by atoms with van der Waals surface area (Å²) < 4.78 is 0. The molecule has 2 heteroatoms. The van der Waals surface area contributed by atoms with Crippen LogP contribution < -0.4 is 11.1 Å². The quantitative estimate of drug-likeness (QED) is 0.571. The Balaban J connectivity index is 1.78. The monoisotopic (exact) mass is 204 g/mol. The summed E-state index contributed by atoms with van der Waals surface area (Å²) in [6.07, 6.45) is 4.20. The van der Waals surface area contributed by atoms with Crippen molar-refractivity contribution in [1.29, 1.82) is 0 Å². The van der Waals surface area contributed by atoms with Gasteiger partial charge in [-0.2, -0.15) is 0 Å². The molecule has 0 aliphatic heterocycles. The zero-order valence-electron chi connectivity index (χ0n) is 9.42. The lowest BCUT2D eigenvalue weighted by atomic mass is 10.1. The van der Waals surface area contributed by atoms with Gasteiger partial charge in [-0.15, -0.1) is 0 Å². The van der Waals surface area contributed by atoms with Crippen LogP contribution in [-0.2, 0) is 6.54 Å². The van der Waals surface area contributed by atoms with E-state index in [-0.39, 0.29) is 0 Å². The lowest BCUT2D eigenvalue weighted by molar-refractivity contribution is 0.613. The molecule has 0 saturated heterocycles. The predicted octanol–water partition coefficient (Wildman–Crippen LogP) is 2.47. The maximum absolute atomic E-state index is 5.90. The minimum absolute atomic E-state index is 0.902. The molecule has 2 rings (SSSR count). The summed E-state index contributed by atoms with van der Waals surface area (Å²) in [7, 11) is 0. The number of hydrogen-bond donors (Lipinski definition) is 2. The second-order valence-electron chi connectivity index (χ2n) is 4.61. The minimum Gasteiger partial charge on any atom is -0.398 e. The van der Waals surface area contributed by atoms with Crippen molar-refractivity contribution in [2.45, 2.75) is 32.7 Å². The van der Waals surface area contributed by atoms with Crippen molar-refractivity contribution in [1.82, 2.24) is 5.32 Å². The molecule has 1 aliphatic carbocycles. The van der Waals surface area contributed by atoms with E-state index in [1.54, 1.807) is 0 Å². The van der Waals surface area contributed by atoms with Gasteiger partial charge in [0.05, 0.1) is 0 Å². The van der Waals surface area contributed by atoms with E-state index in [1.807, 2.05) is 6.07 Å². The van der Waals surface area contributed by atoms with Gasteiger partial charge in [0.25, 0.3) is 0 Å². The fourth-order valence-electron chi connectivity index (χ4n) is 1.82. The Morgan fingerprint density at radius 2 is 2.20 bits per heavy atom. The Hall–Kier alpha value is -1.02. The maximum Gasteiger partial charge on any atom is 0.0359 e. The van der Waals surface area contributed by atoms with Crippen LogP contribution in [0.2, 0.25) is 0 Å². The molecule has 0 aromatic heterocycles. The highest BCUT2D eigenvalue weighted by Gasteiger charge is 2.19. The van der Waals surface area contributed by atoms with Gasteiger partial charge in [-0.1, -0.05) is 30.5 Å². The van der Waals surface area contributed by atoms with Crippen molar-refractivity contribution in [3.63, 3.8) is 0 Å². The van der Waals surface area contributed by atoms with Gasteiger partial charge in [0.1, 0.15) is 0 Å². The van der Waals surface area contributed by atoms with Gasteiger partial charge in [-0.3, -0.25) is 0 Å². The maximum atomic E-state index is 5.90. The van der Waals surface area contributed by atoms with E-state index in [1.165, 1.54) is 30.4 Å². The third kappa shape index (κ3) is 3.24. The predicted molar refractivity (Wildman–Crippen MR) is 64.6 cm³/mol. The average Bonchev–Trinajstić information content (AvgIpc) is 3.01. The van der Waals surface area contributed by atoms with E-state index in [9.17, 15) is 0 Å². The molecule has 3 N–H and O–H groups in total. The van der Waals surface area contributed by atoms with Crippen molar-refractivity contribution in [3.05, 3.63) is 29.3 Å². The van der Waals surface area contributed by atoms with Gasteiger partial charge in [0, 0.05) is 12.2 Å². The molecule has 1 saturated carbocycles. The Morgan fingerprint density at radius 3 is 2.93 bits per heavy atom. The fourth-order valence-corrected chi connectivity index (χ4v) is 1.82. The van der Waals surface area contributed by atoms with Crippen LogP contribution in [0.1, 0.15) is 30.4 Å². The Labute approximate surface area is 91.9 Å². The molecule has 15 heavy (non-hydrogen) atoms. The number of anilines is 1. The van der Waals surface area contributed by atoms with E-state index >= 15 is 0 Å². The highest BCUT2D eigenvalue weighted by Crippen LogP contribution is 2.31. The van der Waals surface area contributed by atoms with Gasteiger partial charge in [-0.05, 0) is 37.4 Å². The van der Waals surface area contributed by atoms with Gasteiger partial charge < -0.3 is 11.1 Å². The summed E-state index contributed by atoms with van der Waals surface area (Å²) in [5.74, 6) is 1.01. The van der Waals surface area contributed by atoms with Crippen LogP contribution in [0.25, 0.3) is 0 Å². The summed E-state index contributed by atoms with van der Waals surface area (Å²) in [4.78, 5) is 0. The largest absolute Gasteiger partial charge is 0.398 e. The zero-order chi connectivity index (χ0) is 10.7. The highest BCUT2D eigenvalue weighted by molar-refractivity contribution is 5.48. The van der Waals surface area contributed by atoms with Crippen LogP contribution in [0.3, 0.4) is 0 Å². The molecule has 0 unspecified atom stereocenters. The molecule has 1 aliphatic rings. The van der Waals surface area contributed by atoms with E-state index in [0.717, 1.165) is 24.7 Å². The van der Waals surface area contributed by atoms with Crippen molar-refractivity contribution in [2.24, 2.45) is 5.92 Å². The summed E-state index contributed by atoms with van der Waals surface area (Å²) >= 11 is 0. The minimum atomic E-state index is 0.902. The first kappa shape index (κ1) is 10.5. The van der Waals surface area contributed by atoms with Crippen molar-refractivity contribution in [3.8, 4) is 0 Å². The molecule has 82 valence electrons. The van der Waals surface area contributed by atoms with Crippen LogP contribution in [0.15, 0.2) is 18.2 Å². The standard InChI is InChI=1S/C13H20N2/c1-10-2-5-13(14)12(8-10)9-15-7-6-11-3-4-11/h2,5,8,11,15H,3-4,6-7,9,14H2,1H3. The van der Waals surface area contributed by atoms with Crippen molar-refractivity contribution < 1.29 is 0 Å². The Kier molecular flexibility index (Phi) is 3.27. The Bertz CT molecular complexity index is 329. The lowest BCUT2D eigenvalue weighted by Crippen LogP contribution is -2.16. The number of nitrogens with one attached hydrogen (secondary N) is 1. The number of benzene rings is 1. The molecule has 0 spiro atoms. The summed E-state index contributed by atoms with van der Waals surface area (Å²) in [5.41, 5.74) is 9.31. The van der Waals surface area contributed by atoms with Gasteiger partial charge in [0.15, 0.2) is 0 Å². The van der Waals surface area contributed by atoms with Gasteiger partial charge in [0.2, 0.25) is 0 Å². The van der Waals surface area contributed by atoms with Gasteiger partial charge in [-0.25, -0.2) is 0 Å². The second kappa shape index (κ2) is 4.67. The van der Waals surface area contributed by atoms with Crippen LogP contribution in [0.4, 0.5) is 5.69 Å². The average molecular weight is 204 g/mol. The third-order valence-corrected chi connectivity index (χ3v) is 3.04. The van der Waals surface area contributed by atoms with Crippen molar-refractivity contribution >= 4 is 5.69 Å². The molecule has 0 bridgehead atoms. The van der Waals surface area contributed by atoms with E-state index < -0.39 is 0 Å². The highest BCUT2D eigenvalue weighted by atomic mass is 14.9. The number of hydrogen-bond acceptors (Lipinski definition) is 2. The lowest BCUT2D eigenvalue weighted by Gasteiger charge is -2.08. The third-order valence-electron chi connectivity index (χ3n) is 3.04. The van der Waals surface area contributed by atoms with E-state index in [0.29, 0.717) is 0 Å². The molecule has 1 aromatic rings. The zero-order valence-corrected chi connectivity index (χ0v) is 9.42. The number of nitrogens with two attached hydrogens (primary N) is 1. The van der Waals surface area contributed by atoms with E-state index in [2.05, 4.69) is 24.4 Å². The van der Waals surface area contributed by atoms with Gasteiger partial charge >= 0.3 is 0 Å². The fraction of sp³-hybridized carbons (Fsp3) is 0.538. The molecule has 0 radical (unpaired) electrons. The summed E-state index contributed by atoms with van der Waals surface area (Å²) in [6, 6.07) is 6.22. The van der Waals surface area contributed by atoms with Crippen LogP contribution in [0.5, 0.6) is 0 Å². The first-order chi connectivity index (χ1) is 7.25. The molecular weight excluding hydrogens is 184 g/mol. The van der Waals surface area contributed by atoms with Crippen LogP contribution in [0, 0.1) is 12.8 Å². The smallest absolute Gasteiger partial charge is 0.0359 e. The molecule has 2 nitrogen and oxygen atoms in total. The van der Waals surface area contributed by atoms with Crippen LogP contribution in [-0.4, -0.2) is 6.54 Å². The molecule has 1 aromatic carbocycles. The first-order valence-electron chi connectivity index (χ1n) is 5.81. The number of nitrogen functional groups attached to an aromatic ring is 1. The van der Waals surface area contributed by atoms with Crippen LogP contribution >= 0.6 is 0 Å². The molecule has 0 heterocycles. The normalized spacial score (nSPS) is 15.5. The summed E-state index contributed by atoms with van der Waals surface area (Å²) in [6.45, 7) is 4.13. The second-order valence-corrected chi connectivity index (χ2v) is 4.61. The van der Waals surface area contributed by atoms with Crippen molar-refractivity contribution in [2.75, 3.05) is 12.3 Å². The number of aryl methyl sites for hydroxylation is 1. The topological polar surface area (TPSA) is 38.0 Å². The summed E-state index contributed by atoms with van der Waals surface area (Å²) in [5, 5.41) is 3.46. The number of rotatable bonds is 5. The van der Waals surface area contributed by atoms with E-state index in [4.69, 9.17) is 5.73 Å². The molecule has 0 atom stereocenters. The Morgan fingerprint density at radius 1 is 1.40 bits per heavy atom. The SMILES string of the molecule is Cc1ccc(N)c(CNCCC2CC2)c1. The molecule has 0 amide bonds. The molecule has 1 fully saturated rings.